The second-order valence-corrected chi connectivity index (χ2v) is 6.70. The van der Waals surface area contributed by atoms with Gasteiger partial charge in [0.05, 0.1) is 0 Å². The quantitative estimate of drug-likeness (QED) is 0.653. The maximum atomic E-state index is 13.3. The SMILES string of the molecule is CC(C)=CCN1C(=O)N[C@](c2cccnc2)(C2CCNCC2)C1=O. The minimum atomic E-state index is -0.997. The molecule has 2 N–H and O–H groups in total. The Labute approximate surface area is 142 Å². The second kappa shape index (κ2) is 6.73. The van der Waals surface area contributed by atoms with E-state index in [9.17, 15) is 9.59 Å². The Hall–Kier alpha value is -2.21. The van der Waals surface area contributed by atoms with Crippen molar-refractivity contribution in [2.24, 2.45) is 5.92 Å². The summed E-state index contributed by atoms with van der Waals surface area (Å²) in [5, 5.41) is 6.34. The van der Waals surface area contributed by atoms with Gasteiger partial charge in [-0.3, -0.25) is 14.7 Å². The highest BCUT2D eigenvalue weighted by atomic mass is 16.2. The lowest BCUT2D eigenvalue weighted by molar-refractivity contribution is -0.133. The number of carbonyl (C=O) groups excluding carboxylic acids is 2. The van der Waals surface area contributed by atoms with E-state index in [0.717, 1.165) is 37.1 Å². The summed E-state index contributed by atoms with van der Waals surface area (Å²) < 4.78 is 0. The molecule has 0 unspecified atom stereocenters. The van der Waals surface area contributed by atoms with E-state index >= 15 is 0 Å². The van der Waals surface area contributed by atoms with E-state index in [2.05, 4.69) is 15.6 Å². The van der Waals surface area contributed by atoms with Crippen molar-refractivity contribution in [1.82, 2.24) is 20.5 Å². The number of aromatic nitrogens is 1. The number of hydrogen-bond donors (Lipinski definition) is 2. The lowest BCUT2D eigenvalue weighted by Crippen LogP contribution is -2.53. The molecule has 2 aliphatic heterocycles. The summed E-state index contributed by atoms with van der Waals surface area (Å²) in [5.74, 6) is -0.0963. The molecule has 1 aromatic heterocycles. The zero-order valence-electron chi connectivity index (χ0n) is 14.2. The van der Waals surface area contributed by atoms with Gasteiger partial charge in [-0.05, 0) is 51.8 Å². The fraction of sp³-hybridized carbons (Fsp3) is 0.500. The van der Waals surface area contributed by atoms with E-state index in [4.69, 9.17) is 0 Å². The molecule has 0 radical (unpaired) electrons. The zero-order valence-corrected chi connectivity index (χ0v) is 14.2. The van der Waals surface area contributed by atoms with Crippen LogP contribution in [-0.4, -0.2) is 41.5 Å². The van der Waals surface area contributed by atoms with E-state index in [-0.39, 0.29) is 17.9 Å². The maximum Gasteiger partial charge on any atom is 0.325 e. The molecule has 6 nitrogen and oxygen atoms in total. The largest absolute Gasteiger partial charge is 0.325 e. The molecule has 3 heterocycles. The van der Waals surface area contributed by atoms with Crippen LogP contribution in [0.1, 0.15) is 32.3 Å². The number of imide groups is 1. The van der Waals surface area contributed by atoms with Crippen molar-refractivity contribution in [1.29, 1.82) is 0 Å². The third kappa shape index (κ3) is 2.82. The Morgan fingerprint density at radius 3 is 2.75 bits per heavy atom. The van der Waals surface area contributed by atoms with E-state index in [0.29, 0.717) is 6.54 Å². The first-order chi connectivity index (χ1) is 11.6. The number of rotatable bonds is 4. The summed E-state index contributed by atoms with van der Waals surface area (Å²) in [6.45, 7) is 5.92. The van der Waals surface area contributed by atoms with Gasteiger partial charge in [-0.2, -0.15) is 0 Å². The number of hydrogen-bond acceptors (Lipinski definition) is 4. The molecular formula is C18H24N4O2. The number of urea groups is 1. The van der Waals surface area contributed by atoms with Crippen molar-refractivity contribution >= 4 is 11.9 Å². The average Bonchev–Trinajstić information content (AvgIpc) is 2.86. The van der Waals surface area contributed by atoms with Gasteiger partial charge in [0.2, 0.25) is 0 Å². The predicted molar refractivity (Wildman–Crippen MR) is 91.2 cm³/mol. The summed E-state index contributed by atoms with van der Waals surface area (Å²) in [6.07, 6.45) is 6.97. The van der Waals surface area contributed by atoms with Crippen LogP contribution in [0.4, 0.5) is 4.79 Å². The van der Waals surface area contributed by atoms with Crippen molar-refractivity contribution in [3.63, 3.8) is 0 Å². The first-order valence-corrected chi connectivity index (χ1v) is 8.44. The smallest absolute Gasteiger partial charge is 0.319 e. The van der Waals surface area contributed by atoms with Crippen LogP contribution in [0.3, 0.4) is 0 Å². The highest BCUT2D eigenvalue weighted by molar-refractivity contribution is 6.07. The highest BCUT2D eigenvalue weighted by Gasteiger charge is 2.56. The van der Waals surface area contributed by atoms with Gasteiger partial charge in [-0.25, -0.2) is 4.79 Å². The predicted octanol–water partition coefficient (Wildman–Crippen LogP) is 1.79. The van der Waals surface area contributed by atoms with Gasteiger partial charge < -0.3 is 10.6 Å². The molecule has 2 aliphatic rings. The molecule has 0 spiro atoms. The Kier molecular flexibility index (Phi) is 4.66. The minimum absolute atomic E-state index is 0.0658. The molecule has 128 valence electrons. The molecule has 1 aromatic rings. The molecular weight excluding hydrogens is 304 g/mol. The van der Waals surface area contributed by atoms with Crippen LogP contribution in [0, 0.1) is 5.92 Å². The van der Waals surface area contributed by atoms with E-state index < -0.39 is 5.54 Å². The minimum Gasteiger partial charge on any atom is -0.319 e. The molecule has 0 saturated carbocycles. The monoisotopic (exact) mass is 328 g/mol. The van der Waals surface area contributed by atoms with Crippen LogP contribution < -0.4 is 10.6 Å². The van der Waals surface area contributed by atoms with Crippen molar-refractivity contribution in [2.75, 3.05) is 19.6 Å². The molecule has 3 amide bonds. The van der Waals surface area contributed by atoms with Crippen LogP contribution in [-0.2, 0) is 10.3 Å². The molecule has 2 fully saturated rings. The Morgan fingerprint density at radius 2 is 2.12 bits per heavy atom. The number of nitrogens with one attached hydrogen (secondary N) is 2. The molecule has 0 bridgehead atoms. The number of pyridine rings is 1. The normalized spacial score (nSPS) is 24.8. The van der Waals surface area contributed by atoms with Gasteiger partial charge in [-0.1, -0.05) is 17.7 Å². The molecule has 3 rings (SSSR count). The topological polar surface area (TPSA) is 74.3 Å². The van der Waals surface area contributed by atoms with Gasteiger partial charge in [0.1, 0.15) is 0 Å². The van der Waals surface area contributed by atoms with Crippen LogP contribution in [0.15, 0.2) is 36.2 Å². The van der Waals surface area contributed by atoms with Crippen molar-refractivity contribution in [3.8, 4) is 0 Å². The molecule has 2 saturated heterocycles. The number of nitrogens with zero attached hydrogens (tertiary/aromatic N) is 2. The van der Waals surface area contributed by atoms with E-state index in [1.165, 1.54) is 4.90 Å². The van der Waals surface area contributed by atoms with Crippen molar-refractivity contribution in [2.45, 2.75) is 32.2 Å². The lowest BCUT2D eigenvalue weighted by Gasteiger charge is -2.37. The number of carbonyl (C=O) groups is 2. The van der Waals surface area contributed by atoms with Crippen LogP contribution in [0.25, 0.3) is 0 Å². The third-order valence-corrected chi connectivity index (χ3v) is 4.88. The fourth-order valence-electron chi connectivity index (χ4n) is 3.59. The second-order valence-electron chi connectivity index (χ2n) is 6.70. The Balaban J connectivity index is 2.01. The summed E-state index contributed by atoms with van der Waals surface area (Å²) in [5.41, 5.74) is 0.856. The third-order valence-electron chi connectivity index (χ3n) is 4.88. The summed E-state index contributed by atoms with van der Waals surface area (Å²) >= 11 is 0. The van der Waals surface area contributed by atoms with Crippen molar-refractivity contribution in [3.05, 3.63) is 41.7 Å². The van der Waals surface area contributed by atoms with Gasteiger partial charge in [0.15, 0.2) is 5.54 Å². The number of amides is 3. The molecule has 6 heteroatoms. The fourth-order valence-corrected chi connectivity index (χ4v) is 3.59. The molecule has 1 atom stereocenters. The first kappa shape index (κ1) is 16.6. The Bertz CT molecular complexity index is 648. The van der Waals surface area contributed by atoms with Gasteiger partial charge in [0.25, 0.3) is 5.91 Å². The maximum absolute atomic E-state index is 13.3. The Morgan fingerprint density at radius 1 is 1.38 bits per heavy atom. The van der Waals surface area contributed by atoms with Crippen molar-refractivity contribution < 1.29 is 9.59 Å². The summed E-state index contributed by atoms with van der Waals surface area (Å²) in [6, 6.07) is 3.38. The highest BCUT2D eigenvalue weighted by Crippen LogP contribution is 2.40. The molecule has 24 heavy (non-hydrogen) atoms. The first-order valence-electron chi connectivity index (χ1n) is 8.44. The standard InChI is InChI=1S/C18H24N4O2/c1-13(2)7-11-22-16(23)18(21-17(22)24,14-5-9-19-10-6-14)15-4-3-8-20-12-15/h3-4,7-8,12,14,19H,5-6,9-11H2,1-2H3,(H,21,24)/t18-/m0/s1. The molecule has 0 aromatic carbocycles. The number of allylic oxidation sites excluding steroid dienone is 1. The summed E-state index contributed by atoms with van der Waals surface area (Å²) in [4.78, 5) is 31.4. The lowest BCUT2D eigenvalue weighted by atomic mass is 9.74. The zero-order chi connectivity index (χ0) is 17.2. The van der Waals surface area contributed by atoms with Gasteiger partial charge in [0, 0.05) is 24.5 Å². The number of piperidine rings is 1. The van der Waals surface area contributed by atoms with Crippen LogP contribution >= 0.6 is 0 Å². The van der Waals surface area contributed by atoms with Crippen LogP contribution in [0.5, 0.6) is 0 Å². The molecule has 0 aliphatic carbocycles. The van der Waals surface area contributed by atoms with E-state index in [1.54, 1.807) is 12.4 Å². The van der Waals surface area contributed by atoms with Crippen LogP contribution in [0.2, 0.25) is 0 Å². The average molecular weight is 328 g/mol. The van der Waals surface area contributed by atoms with E-state index in [1.807, 2.05) is 32.1 Å². The summed E-state index contributed by atoms with van der Waals surface area (Å²) in [7, 11) is 0. The van der Waals surface area contributed by atoms with Gasteiger partial charge >= 0.3 is 6.03 Å². The van der Waals surface area contributed by atoms with Gasteiger partial charge in [-0.15, -0.1) is 0 Å².